The fourth-order valence-corrected chi connectivity index (χ4v) is 2.99. The molecule has 2 aliphatic rings. The minimum Gasteiger partial charge on any atom is -0.298 e. The van der Waals surface area contributed by atoms with Crippen LogP contribution >= 0.6 is 0 Å². The Morgan fingerprint density at radius 3 is 2.52 bits per heavy atom. The zero-order valence-corrected chi connectivity index (χ0v) is 11.4. The van der Waals surface area contributed by atoms with Crippen LogP contribution in [0.3, 0.4) is 0 Å². The van der Waals surface area contributed by atoms with Crippen LogP contribution in [0.25, 0.3) is 5.57 Å². The number of aldehydes is 1. The predicted molar refractivity (Wildman–Crippen MR) is 84.8 cm³/mol. The lowest BCUT2D eigenvalue weighted by Crippen LogP contribution is -2.14. The zero-order chi connectivity index (χ0) is 14.2. The summed E-state index contributed by atoms with van der Waals surface area (Å²) >= 11 is 0. The lowest BCUT2D eigenvalue weighted by Gasteiger charge is -2.20. The number of nitrogens with zero attached hydrogens (tertiary/aromatic N) is 1. The van der Waals surface area contributed by atoms with Crippen LogP contribution in [-0.2, 0) is 4.79 Å². The van der Waals surface area contributed by atoms with Gasteiger partial charge in [0.1, 0.15) is 6.29 Å². The lowest BCUT2D eigenvalue weighted by molar-refractivity contribution is -0.104. The summed E-state index contributed by atoms with van der Waals surface area (Å²) in [5.74, 6) is 0.0406. The highest BCUT2D eigenvalue weighted by Crippen LogP contribution is 2.42. The van der Waals surface area contributed by atoms with E-state index in [4.69, 9.17) is 4.99 Å². The number of benzene rings is 2. The molecule has 0 aromatic heterocycles. The lowest BCUT2D eigenvalue weighted by atomic mass is 9.82. The largest absolute Gasteiger partial charge is 0.298 e. The second-order valence-corrected chi connectivity index (χ2v) is 5.25. The number of hydrogen-bond donors (Lipinski definition) is 0. The molecule has 100 valence electrons. The molecule has 2 aromatic rings. The van der Waals surface area contributed by atoms with Crippen molar-refractivity contribution in [3.63, 3.8) is 0 Å². The molecule has 1 unspecified atom stereocenters. The van der Waals surface area contributed by atoms with E-state index in [2.05, 4.69) is 18.2 Å². The first-order valence-corrected chi connectivity index (χ1v) is 6.99. The molecule has 21 heavy (non-hydrogen) atoms. The summed E-state index contributed by atoms with van der Waals surface area (Å²) in [7, 11) is 0. The third-order valence-corrected chi connectivity index (χ3v) is 3.97. The van der Waals surface area contributed by atoms with Gasteiger partial charge in [0.2, 0.25) is 0 Å². The number of carbonyl (C=O) groups excluding carboxylic acids is 1. The van der Waals surface area contributed by atoms with Crippen molar-refractivity contribution >= 4 is 23.3 Å². The molecule has 1 aliphatic carbocycles. The van der Waals surface area contributed by atoms with Gasteiger partial charge in [0.25, 0.3) is 0 Å². The molecule has 2 nitrogen and oxygen atoms in total. The summed E-state index contributed by atoms with van der Waals surface area (Å²) in [6.45, 7) is 0. The monoisotopic (exact) mass is 271 g/mol. The van der Waals surface area contributed by atoms with Gasteiger partial charge >= 0.3 is 0 Å². The van der Waals surface area contributed by atoms with E-state index >= 15 is 0 Å². The molecule has 2 aromatic carbocycles. The van der Waals surface area contributed by atoms with Gasteiger partial charge in [-0.25, -0.2) is 0 Å². The van der Waals surface area contributed by atoms with Crippen molar-refractivity contribution < 1.29 is 4.79 Å². The van der Waals surface area contributed by atoms with Crippen LogP contribution in [-0.4, -0.2) is 12.0 Å². The number of para-hydroxylation sites is 1. The van der Waals surface area contributed by atoms with Crippen LogP contribution < -0.4 is 0 Å². The molecule has 0 bridgehead atoms. The highest BCUT2D eigenvalue weighted by Gasteiger charge is 2.30. The molecule has 1 aliphatic heterocycles. The van der Waals surface area contributed by atoms with E-state index in [0.29, 0.717) is 0 Å². The van der Waals surface area contributed by atoms with Crippen molar-refractivity contribution in [2.45, 2.75) is 5.92 Å². The smallest absolute Gasteiger partial charge is 0.149 e. The van der Waals surface area contributed by atoms with Crippen LogP contribution in [0.15, 0.2) is 77.3 Å². The molecule has 0 fully saturated rings. The molecule has 0 spiro atoms. The van der Waals surface area contributed by atoms with Gasteiger partial charge in [-0.1, -0.05) is 54.6 Å². The predicted octanol–water partition coefficient (Wildman–Crippen LogP) is 4.08. The topological polar surface area (TPSA) is 29.4 Å². The summed E-state index contributed by atoms with van der Waals surface area (Å²) in [6, 6.07) is 18.3. The van der Waals surface area contributed by atoms with Gasteiger partial charge < -0.3 is 0 Å². The van der Waals surface area contributed by atoms with E-state index in [1.807, 2.05) is 48.6 Å². The van der Waals surface area contributed by atoms with E-state index < -0.39 is 0 Å². The SMILES string of the molecule is O=CC1=CC(c2ccccc2)C2=Nc3ccccc3C2=C1. The highest BCUT2D eigenvalue weighted by molar-refractivity contribution is 6.33. The molecule has 2 heteroatoms. The Morgan fingerprint density at radius 1 is 0.952 bits per heavy atom. The van der Waals surface area contributed by atoms with Gasteiger partial charge in [-0.05, 0) is 17.7 Å². The molecule has 0 saturated heterocycles. The molecular weight excluding hydrogens is 258 g/mol. The number of fused-ring (bicyclic) bond motifs is 3. The third-order valence-electron chi connectivity index (χ3n) is 3.97. The van der Waals surface area contributed by atoms with Crippen molar-refractivity contribution in [1.29, 1.82) is 0 Å². The first-order chi connectivity index (χ1) is 10.4. The quantitative estimate of drug-likeness (QED) is 0.757. The van der Waals surface area contributed by atoms with E-state index in [0.717, 1.165) is 40.0 Å². The van der Waals surface area contributed by atoms with Gasteiger partial charge in [0.15, 0.2) is 0 Å². The molecule has 1 heterocycles. The molecule has 4 rings (SSSR count). The number of hydrogen-bond acceptors (Lipinski definition) is 2. The Morgan fingerprint density at radius 2 is 1.71 bits per heavy atom. The van der Waals surface area contributed by atoms with Gasteiger partial charge in [-0.15, -0.1) is 0 Å². The Hall–Kier alpha value is -2.74. The normalized spacial score (nSPS) is 19.0. The maximum Gasteiger partial charge on any atom is 0.149 e. The molecule has 0 saturated carbocycles. The third kappa shape index (κ3) is 1.88. The second kappa shape index (κ2) is 4.67. The van der Waals surface area contributed by atoms with Crippen molar-refractivity contribution in [3.8, 4) is 0 Å². The van der Waals surface area contributed by atoms with Gasteiger partial charge in [-0.3, -0.25) is 9.79 Å². The number of aliphatic imine (C=N–C) groups is 1. The molecular formula is C19H13NO. The standard InChI is InChI=1S/C19H13NO/c21-12-13-10-16(14-6-2-1-3-7-14)19-17(11-13)15-8-4-5-9-18(15)20-19/h1-12,16H. The first-order valence-electron chi connectivity index (χ1n) is 6.99. The molecule has 0 amide bonds. The Bertz CT molecular complexity index is 812. The second-order valence-electron chi connectivity index (χ2n) is 5.25. The van der Waals surface area contributed by atoms with Crippen LogP contribution in [0, 0.1) is 0 Å². The van der Waals surface area contributed by atoms with Crippen LogP contribution in [0.5, 0.6) is 0 Å². The minimum absolute atomic E-state index is 0.0406. The van der Waals surface area contributed by atoms with Crippen molar-refractivity contribution in [2.24, 2.45) is 4.99 Å². The van der Waals surface area contributed by atoms with Crippen molar-refractivity contribution in [3.05, 3.63) is 83.4 Å². The molecule has 0 radical (unpaired) electrons. The van der Waals surface area contributed by atoms with Crippen molar-refractivity contribution in [2.75, 3.05) is 0 Å². The Labute approximate surface area is 123 Å². The van der Waals surface area contributed by atoms with Crippen LogP contribution in [0.1, 0.15) is 17.0 Å². The fraction of sp³-hybridized carbons (Fsp3) is 0.0526. The summed E-state index contributed by atoms with van der Waals surface area (Å²) < 4.78 is 0. The van der Waals surface area contributed by atoms with E-state index in [1.165, 1.54) is 0 Å². The maximum absolute atomic E-state index is 11.3. The molecule has 1 atom stereocenters. The molecule has 0 N–H and O–H groups in total. The van der Waals surface area contributed by atoms with E-state index in [-0.39, 0.29) is 5.92 Å². The fourth-order valence-electron chi connectivity index (χ4n) is 2.99. The number of allylic oxidation sites excluding steroid dienone is 4. The highest BCUT2D eigenvalue weighted by atomic mass is 16.1. The van der Waals surface area contributed by atoms with Gasteiger partial charge in [-0.2, -0.15) is 0 Å². The summed E-state index contributed by atoms with van der Waals surface area (Å²) in [5, 5.41) is 0. The van der Waals surface area contributed by atoms with Crippen LogP contribution in [0.2, 0.25) is 0 Å². The van der Waals surface area contributed by atoms with Gasteiger partial charge in [0.05, 0.1) is 11.4 Å². The summed E-state index contributed by atoms with van der Waals surface area (Å²) in [6.07, 6.45) is 4.86. The Kier molecular flexibility index (Phi) is 2.68. The zero-order valence-electron chi connectivity index (χ0n) is 11.4. The van der Waals surface area contributed by atoms with Gasteiger partial charge in [0, 0.05) is 22.6 Å². The average molecular weight is 271 g/mol. The Balaban J connectivity index is 1.90. The summed E-state index contributed by atoms with van der Waals surface area (Å²) in [4.78, 5) is 16.1. The minimum atomic E-state index is 0.0406. The van der Waals surface area contributed by atoms with E-state index in [9.17, 15) is 4.79 Å². The van der Waals surface area contributed by atoms with Crippen LogP contribution in [0.4, 0.5) is 5.69 Å². The van der Waals surface area contributed by atoms with Crippen molar-refractivity contribution in [1.82, 2.24) is 0 Å². The maximum atomic E-state index is 11.3. The number of carbonyl (C=O) groups is 1. The average Bonchev–Trinajstić information content (AvgIpc) is 2.93. The summed E-state index contributed by atoms with van der Waals surface area (Å²) in [5.41, 5.74) is 6.08. The van der Waals surface area contributed by atoms with E-state index in [1.54, 1.807) is 0 Å². The number of rotatable bonds is 2. The first kappa shape index (κ1) is 12.0.